The average molecular weight is 459 g/mol. The average Bonchev–Trinajstić information content (AvgIpc) is 3.21. The molecular weight excluding hydrogens is 432 g/mol. The van der Waals surface area contributed by atoms with Gasteiger partial charge in [0.1, 0.15) is 6.10 Å². The number of amides is 1. The number of nitrogens with zero attached hydrogens (tertiary/aromatic N) is 2. The van der Waals surface area contributed by atoms with Gasteiger partial charge in [-0.05, 0) is 42.3 Å². The van der Waals surface area contributed by atoms with Gasteiger partial charge in [0.15, 0.2) is 11.5 Å². The van der Waals surface area contributed by atoms with Gasteiger partial charge in [-0.2, -0.15) is 0 Å². The van der Waals surface area contributed by atoms with Crippen LogP contribution in [0.25, 0.3) is 0 Å². The summed E-state index contributed by atoms with van der Waals surface area (Å²) in [6, 6.07) is 11.2. The molecule has 2 fully saturated rings. The number of piperazine rings is 1. The number of rotatable bonds is 5. The SMILES string of the molecule is COc1ccc([C@@H]2OC(=O)C[C@@H]2C(=O)N2CCN(c3cc(Cl)ccc3C)CC2)cc1OC. The monoisotopic (exact) mass is 458 g/mol. The largest absolute Gasteiger partial charge is 0.493 e. The van der Waals surface area contributed by atoms with Crippen molar-refractivity contribution in [1.29, 1.82) is 0 Å². The quantitative estimate of drug-likeness (QED) is 0.637. The smallest absolute Gasteiger partial charge is 0.307 e. The summed E-state index contributed by atoms with van der Waals surface area (Å²) in [4.78, 5) is 29.6. The number of benzene rings is 2. The molecule has 2 aromatic carbocycles. The van der Waals surface area contributed by atoms with E-state index in [1.54, 1.807) is 26.4 Å². The number of ether oxygens (including phenoxy) is 3. The lowest BCUT2D eigenvalue weighted by molar-refractivity contribution is -0.142. The third-order valence-electron chi connectivity index (χ3n) is 6.17. The molecule has 7 nitrogen and oxygen atoms in total. The van der Waals surface area contributed by atoms with Crippen LogP contribution in [-0.2, 0) is 14.3 Å². The minimum Gasteiger partial charge on any atom is -0.493 e. The van der Waals surface area contributed by atoms with Gasteiger partial charge >= 0.3 is 5.97 Å². The van der Waals surface area contributed by atoms with Crippen molar-refractivity contribution in [3.63, 3.8) is 0 Å². The molecule has 0 N–H and O–H groups in total. The number of methoxy groups -OCH3 is 2. The van der Waals surface area contributed by atoms with Crippen LogP contribution in [0.1, 0.15) is 23.7 Å². The first-order valence-electron chi connectivity index (χ1n) is 10.6. The summed E-state index contributed by atoms with van der Waals surface area (Å²) in [5, 5.41) is 0.698. The van der Waals surface area contributed by atoms with E-state index in [2.05, 4.69) is 11.8 Å². The summed E-state index contributed by atoms with van der Waals surface area (Å²) in [5.41, 5.74) is 2.96. The molecule has 2 aromatic rings. The van der Waals surface area contributed by atoms with Gasteiger partial charge in [0.25, 0.3) is 0 Å². The summed E-state index contributed by atoms with van der Waals surface area (Å²) >= 11 is 6.18. The second-order valence-corrected chi connectivity index (χ2v) is 8.52. The van der Waals surface area contributed by atoms with E-state index in [4.69, 9.17) is 25.8 Å². The zero-order valence-electron chi connectivity index (χ0n) is 18.5. The van der Waals surface area contributed by atoms with E-state index in [0.717, 1.165) is 16.8 Å². The van der Waals surface area contributed by atoms with Gasteiger partial charge in [-0.25, -0.2) is 0 Å². The molecule has 0 spiro atoms. The molecule has 4 rings (SSSR count). The van der Waals surface area contributed by atoms with Gasteiger partial charge in [0, 0.05) is 36.9 Å². The van der Waals surface area contributed by atoms with E-state index in [1.165, 1.54) is 0 Å². The highest BCUT2D eigenvalue weighted by molar-refractivity contribution is 6.30. The number of carbonyl (C=O) groups is 2. The Hall–Kier alpha value is -2.93. The van der Waals surface area contributed by atoms with Gasteiger partial charge in [-0.3, -0.25) is 9.59 Å². The fourth-order valence-electron chi connectivity index (χ4n) is 4.43. The van der Waals surface area contributed by atoms with Crippen LogP contribution < -0.4 is 14.4 Å². The van der Waals surface area contributed by atoms with E-state index in [1.807, 2.05) is 29.2 Å². The Bertz CT molecular complexity index is 1020. The minimum atomic E-state index is -0.636. The Kier molecular flexibility index (Phi) is 6.46. The predicted octanol–water partition coefficient (Wildman–Crippen LogP) is 3.62. The van der Waals surface area contributed by atoms with Gasteiger partial charge in [0.05, 0.1) is 26.6 Å². The zero-order valence-corrected chi connectivity index (χ0v) is 19.2. The number of hydrogen-bond acceptors (Lipinski definition) is 6. The van der Waals surface area contributed by atoms with Gasteiger partial charge < -0.3 is 24.0 Å². The highest BCUT2D eigenvalue weighted by atomic mass is 35.5. The molecule has 0 aliphatic carbocycles. The summed E-state index contributed by atoms with van der Waals surface area (Å²) in [7, 11) is 3.11. The molecule has 2 saturated heterocycles. The van der Waals surface area contributed by atoms with E-state index in [9.17, 15) is 9.59 Å². The Morgan fingerprint density at radius 2 is 1.75 bits per heavy atom. The minimum absolute atomic E-state index is 0.0573. The van der Waals surface area contributed by atoms with Crippen molar-refractivity contribution in [1.82, 2.24) is 4.90 Å². The topological polar surface area (TPSA) is 68.3 Å². The number of esters is 1. The van der Waals surface area contributed by atoms with Crippen molar-refractivity contribution in [2.24, 2.45) is 5.92 Å². The van der Waals surface area contributed by atoms with Crippen LogP contribution in [-0.4, -0.2) is 57.2 Å². The Morgan fingerprint density at radius 3 is 2.44 bits per heavy atom. The van der Waals surface area contributed by atoms with Gasteiger partial charge in [0.2, 0.25) is 5.91 Å². The molecule has 0 unspecified atom stereocenters. The first-order chi connectivity index (χ1) is 15.4. The van der Waals surface area contributed by atoms with Crippen LogP contribution >= 0.6 is 11.6 Å². The normalized spacial score (nSPS) is 20.8. The van der Waals surface area contributed by atoms with Crippen molar-refractivity contribution in [2.45, 2.75) is 19.4 Å². The highest BCUT2D eigenvalue weighted by Gasteiger charge is 2.43. The molecule has 2 heterocycles. The van der Waals surface area contributed by atoms with Crippen LogP contribution in [0.4, 0.5) is 5.69 Å². The maximum atomic E-state index is 13.4. The standard InChI is InChI=1S/C24H27ClN2O5/c1-15-4-6-17(25)13-19(15)26-8-10-27(11-9-26)24(29)18-14-22(28)32-23(18)16-5-7-20(30-2)21(12-16)31-3/h4-7,12-13,18,23H,8-11,14H2,1-3H3/t18-,23-/m0/s1. The number of anilines is 1. The van der Waals surface area contributed by atoms with Crippen molar-refractivity contribution in [2.75, 3.05) is 45.3 Å². The van der Waals surface area contributed by atoms with E-state index in [-0.39, 0.29) is 18.3 Å². The molecule has 0 saturated carbocycles. The molecule has 170 valence electrons. The number of hydrogen-bond donors (Lipinski definition) is 0. The molecular formula is C24H27ClN2O5. The van der Waals surface area contributed by atoms with Crippen molar-refractivity contribution >= 4 is 29.2 Å². The third kappa shape index (κ3) is 4.35. The summed E-state index contributed by atoms with van der Waals surface area (Å²) in [6.07, 6.45) is -0.561. The summed E-state index contributed by atoms with van der Waals surface area (Å²) in [6.45, 7) is 4.62. The first-order valence-corrected chi connectivity index (χ1v) is 11.0. The van der Waals surface area contributed by atoms with Gasteiger partial charge in [-0.1, -0.05) is 23.7 Å². The fraction of sp³-hybridized carbons (Fsp3) is 0.417. The molecule has 0 radical (unpaired) electrons. The highest BCUT2D eigenvalue weighted by Crippen LogP contribution is 2.40. The second kappa shape index (κ2) is 9.28. The lowest BCUT2D eigenvalue weighted by Gasteiger charge is -2.38. The lowest BCUT2D eigenvalue weighted by Crippen LogP contribution is -2.50. The van der Waals surface area contributed by atoms with Crippen LogP contribution in [0, 0.1) is 12.8 Å². The summed E-state index contributed by atoms with van der Waals surface area (Å²) in [5.74, 6) is 0.134. The number of carbonyl (C=O) groups excluding carboxylic acids is 2. The van der Waals surface area contributed by atoms with Crippen LogP contribution in [0.2, 0.25) is 5.02 Å². The summed E-state index contributed by atoms with van der Waals surface area (Å²) < 4.78 is 16.2. The second-order valence-electron chi connectivity index (χ2n) is 8.08. The van der Waals surface area contributed by atoms with Crippen LogP contribution in [0.15, 0.2) is 36.4 Å². The number of halogens is 1. The fourth-order valence-corrected chi connectivity index (χ4v) is 4.60. The molecule has 1 amide bonds. The van der Waals surface area contributed by atoms with Crippen LogP contribution in [0.3, 0.4) is 0 Å². The van der Waals surface area contributed by atoms with Crippen molar-refractivity contribution < 1.29 is 23.8 Å². The predicted molar refractivity (Wildman–Crippen MR) is 121 cm³/mol. The molecule has 2 atom stereocenters. The molecule has 2 aliphatic rings. The zero-order chi connectivity index (χ0) is 22.8. The molecule has 0 bridgehead atoms. The van der Waals surface area contributed by atoms with Crippen molar-refractivity contribution in [3.8, 4) is 11.5 Å². The Balaban J connectivity index is 1.48. The number of cyclic esters (lactones) is 1. The van der Waals surface area contributed by atoms with Gasteiger partial charge in [-0.15, -0.1) is 0 Å². The van der Waals surface area contributed by atoms with Crippen LogP contribution in [0.5, 0.6) is 11.5 Å². The lowest BCUT2D eigenvalue weighted by atomic mass is 9.93. The number of aryl methyl sites for hydroxylation is 1. The maximum absolute atomic E-state index is 13.4. The van der Waals surface area contributed by atoms with E-state index < -0.39 is 12.0 Å². The van der Waals surface area contributed by atoms with Crippen molar-refractivity contribution in [3.05, 3.63) is 52.5 Å². The maximum Gasteiger partial charge on any atom is 0.307 e. The Morgan fingerprint density at radius 1 is 1.03 bits per heavy atom. The molecule has 0 aromatic heterocycles. The Labute approximate surface area is 192 Å². The first kappa shape index (κ1) is 22.3. The van der Waals surface area contributed by atoms with E-state index >= 15 is 0 Å². The third-order valence-corrected chi connectivity index (χ3v) is 6.40. The van der Waals surface area contributed by atoms with E-state index in [0.29, 0.717) is 42.7 Å². The molecule has 8 heteroatoms. The molecule has 2 aliphatic heterocycles. The molecule has 32 heavy (non-hydrogen) atoms.